The summed E-state index contributed by atoms with van der Waals surface area (Å²) in [4.78, 5) is 5.33. The lowest BCUT2D eigenvalue weighted by Gasteiger charge is -2.05. The lowest BCUT2D eigenvalue weighted by Crippen LogP contribution is -1.87. The van der Waals surface area contributed by atoms with Crippen LogP contribution in [0.5, 0.6) is 0 Å². The Labute approximate surface area is 107 Å². The Bertz CT molecular complexity index is 498. The molecule has 0 fully saturated rings. The fraction of sp³-hybridized carbons (Fsp3) is 0.182. The van der Waals surface area contributed by atoms with Gasteiger partial charge in [-0.1, -0.05) is 29.4 Å². The third-order valence-corrected chi connectivity index (χ3v) is 4.39. The topological polar surface area (TPSA) is 33.1 Å². The van der Waals surface area contributed by atoms with Gasteiger partial charge < -0.3 is 5.11 Å². The molecule has 0 aliphatic rings. The summed E-state index contributed by atoms with van der Waals surface area (Å²) in [5.41, 5.74) is 1.89. The van der Waals surface area contributed by atoms with E-state index in [1.54, 1.807) is 17.4 Å². The number of halogens is 1. The Morgan fingerprint density at radius 3 is 2.94 bits per heavy atom. The van der Waals surface area contributed by atoms with Crippen molar-refractivity contribution in [2.45, 2.75) is 22.8 Å². The zero-order valence-corrected chi connectivity index (χ0v) is 11.0. The highest BCUT2D eigenvalue weighted by Crippen LogP contribution is 2.34. The van der Waals surface area contributed by atoms with Gasteiger partial charge in [0.15, 0.2) is 4.34 Å². The van der Waals surface area contributed by atoms with E-state index in [9.17, 15) is 5.11 Å². The van der Waals surface area contributed by atoms with Crippen molar-refractivity contribution in [3.8, 4) is 0 Å². The summed E-state index contributed by atoms with van der Waals surface area (Å²) in [6.45, 7) is 1.98. The number of aryl methyl sites for hydroxylation is 1. The van der Waals surface area contributed by atoms with Gasteiger partial charge in [-0.05, 0) is 24.6 Å². The number of thiazole rings is 1. The minimum absolute atomic E-state index is 0.0177. The summed E-state index contributed by atoms with van der Waals surface area (Å²) < 4.78 is 0.967. The van der Waals surface area contributed by atoms with Crippen LogP contribution >= 0.6 is 34.7 Å². The molecular formula is C11H10ClNOS2. The number of aliphatic hydroxyl groups excluding tert-OH is 1. The van der Waals surface area contributed by atoms with E-state index in [0.29, 0.717) is 5.02 Å². The van der Waals surface area contributed by atoms with Crippen molar-refractivity contribution in [1.29, 1.82) is 0 Å². The first-order valence-corrected chi connectivity index (χ1v) is 6.75. The molecule has 1 aromatic heterocycles. The second-order valence-electron chi connectivity index (χ2n) is 3.27. The molecule has 16 heavy (non-hydrogen) atoms. The number of benzene rings is 1. The SMILES string of the molecule is Cc1csc(Sc2cc(Cl)ccc2CO)n1. The maximum atomic E-state index is 9.22. The van der Waals surface area contributed by atoms with Crippen LogP contribution in [0.15, 0.2) is 32.8 Å². The molecule has 84 valence electrons. The van der Waals surface area contributed by atoms with Crippen LogP contribution in [0, 0.1) is 6.92 Å². The summed E-state index contributed by atoms with van der Waals surface area (Å²) in [6.07, 6.45) is 0. The largest absolute Gasteiger partial charge is 0.392 e. The fourth-order valence-corrected chi connectivity index (χ4v) is 3.42. The average Bonchev–Trinajstić information content (AvgIpc) is 2.64. The molecule has 0 amide bonds. The molecule has 0 aliphatic carbocycles. The van der Waals surface area contributed by atoms with Gasteiger partial charge in [-0.25, -0.2) is 4.98 Å². The minimum Gasteiger partial charge on any atom is -0.392 e. The average molecular weight is 272 g/mol. The van der Waals surface area contributed by atoms with Crippen LogP contribution in [0.25, 0.3) is 0 Å². The summed E-state index contributed by atoms with van der Waals surface area (Å²) >= 11 is 9.07. The number of hydrogen-bond acceptors (Lipinski definition) is 4. The van der Waals surface area contributed by atoms with E-state index in [4.69, 9.17) is 11.6 Å². The summed E-state index contributed by atoms with van der Waals surface area (Å²) in [6, 6.07) is 5.48. The van der Waals surface area contributed by atoms with Crippen LogP contribution in [0.2, 0.25) is 5.02 Å². The van der Waals surface area contributed by atoms with Crippen LogP contribution in [0.3, 0.4) is 0 Å². The Balaban J connectivity index is 2.29. The van der Waals surface area contributed by atoms with Gasteiger partial charge in [-0.2, -0.15) is 0 Å². The molecule has 0 spiro atoms. The van der Waals surface area contributed by atoms with Gasteiger partial charge in [-0.15, -0.1) is 11.3 Å². The van der Waals surface area contributed by atoms with E-state index < -0.39 is 0 Å². The molecule has 0 saturated heterocycles. The van der Waals surface area contributed by atoms with Gasteiger partial charge in [0.2, 0.25) is 0 Å². The quantitative estimate of drug-likeness (QED) is 0.923. The lowest BCUT2D eigenvalue weighted by molar-refractivity contribution is 0.279. The predicted molar refractivity (Wildman–Crippen MR) is 68.3 cm³/mol. The Hall–Kier alpha value is -0.550. The molecule has 5 heteroatoms. The Morgan fingerprint density at radius 1 is 1.50 bits per heavy atom. The minimum atomic E-state index is 0.0177. The number of aromatic nitrogens is 1. The Morgan fingerprint density at radius 2 is 2.31 bits per heavy atom. The first-order chi connectivity index (χ1) is 7.69. The third kappa shape index (κ3) is 2.77. The number of aliphatic hydroxyl groups is 1. The maximum absolute atomic E-state index is 9.22. The van der Waals surface area contributed by atoms with Crippen LogP contribution in [0.1, 0.15) is 11.3 Å². The highest BCUT2D eigenvalue weighted by atomic mass is 35.5. The van der Waals surface area contributed by atoms with E-state index in [1.165, 1.54) is 11.8 Å². The van der Waals surface area contributed by atoms with Gasteiger partial charge in [0.1, 0.15) is 0 Å². The molecule has 0 unspecified atom stereocenters. The fourth-order valence-electron chi connectivity index (χ4n) is 1.23. The lowest BCUT2D eigenvalue weighted by atomic mass is 10.2. The third-order valence-electron chi connectivity index (χ3n) is 1.99. The number of rotatable bonds is 3. The Kier molecular flexibility index (Phi) is 3.86. The highest BCUT2D eigenvalue weighted by Gasteiger charge is 2.07. The highest BCUT2D eigenvalue weighted by molar-refractivity contribution is 8.01. The van der Waals surface area contributed by atoms with Crippen molar-refractivity contribution >= 4 is 34.7 Å². The van der Waals surface area contributed by atoms with E-state index in [2.05, 4.69) is 4.98 Å². The van der Waals surface area contributed by atoms with Crippen molar-refractivity contribution in [3.05, 3.63) is 39.9 Å². The van der Waals surface area contributed by atoms with Crippen molar-refractivity contribution < 1.29 is 5.11 Å². The summed E-state index contributed by atoms with van der Waals surface area (Å²) in [5.74, 6) is 0. The van der Waals surface area contributed by atoms with Crippen molar-refractivity contribution in [1.82, 2.24) is 4.98 Å². The van der Waals surface area contributed by atoms with E-state index in [1.807, 2.05) is 24.4 Å². The zero-order valence-electron chi connectivity index (χ0n) is 8.61. The number of hydrogen-bond donors (Lipinski definition) is 1. The molecule has 0 bridgehead atoms. The molecule has 1 heterocycles. The number of nitrogens with zero attached hydrogens (tertiary/aromatic N) is 1. The molecular weight excluding hydrogens is 262 g/mol. The monoisotopic (exact) mass is 271 g/mol. The summed E-state index contributed by atoms with van der Waals surface area (Å²) in [7, 11) is 0. The second kappa shape index (κ2) is 5.19. The second-order valence-corrected chi connectivity index (χ2v) is 5.85. The normalized spacial score (nSPS) is 10.7. The maximum Gasteiger partial charge on any atom is 0.154 e. The van der Waals surface area contributed by atoms with Gasteiger partial charge in [-0.3, -0.25) is 0 Å². The van der Waals surface area contributed by atoms with E-state index in [-0.39, 0.29) is 6.61 Å². The van der Waals surface area contributed by atoms with Crippen molar-refractivity contribution in [3.63, 3.8) is 0 Å². The molecule has 2 aromatic rings. The first kappa shape index (κ1) is 11.9. The van der Waals surface area contributed by atoms with E-state index >= 15 is 0 Å². The standard InChI is InChI=1S/C11H10ClNOS2/c1-7-6-15-11(13-7)16-10-4-9(12)3-2-8(10)5-14/h2-4,6,14H,5H2,1H3. The van der Waals surface area contributed by atoms with Gasteiger partial charge >= 0.3 is 0 Å². The molecule has 2 rings (SSSR count). The van der Waals surface area contributed by atoms with E-state index in [0.717, 1.165) is 20.5 Å². The smallest absolute Gasteiger partial charge is 0.154 e. The first-order valence-electron chi connectivity index (χ1n) is 4.68. The molecule has 0 radical (unpaired) electrons. The van der Waals surface area contributed by atoms with Crippen LogP contribution in [0.4, 0.5) is 0 Å². The molecule has 2 nitrogen and oxygen atoms in total. The van der Waals surface area contributed by atoms with Crippen LogP contribution in [-0.4, -0.2) is 10.1 Å². The molecule has 0 atom stereocenters. The molecule has 0 aliphatic heterocycles. The van der Waals surface area contributed by atoms with Crippen molar-refractivity contribution in [2.75, 3.05) is 0 Å². The summed E-state index contributed by atoms with van der Waals surface area (Å²) in [5, 5.41) is 11.9. The van der Waals surface area contributed by atoms with Crippen molar-refractivity contribution in [2.24, 2.45) is 0 Å². The zero-order chi connectivity index (χ0) is 11.5. The molecule has 1 N–H and O–H groups in total. The molecule has 0 saturated carbocycles. The van der Waals surface area contributed by atoms with Gasteiger partial charge in [0, 0.05) is 21.0 Å². The van der Waals surface area contributed by atoms with Crippen LogP contribution in [-0.2, 0) is 6.61 Å². The predicted octanol–water partition coefficient (Wildman–Crippen LogP) is 3.75. The van der Waals surface area contributed by atoms with Gasteiger partial charge in [0.25, 0.3) is 0 Å². The van der Waals surface area contributed by atoms with Crippen LogP contribution < -0.4 is 0 Å². The van der Waals surface area contributed by atoms with Gasteiger partial charge in [0.05, 0.1) is 6.61 Å². The molecule has 1 aromatic carbocycles.